The molecule has 0 aromatic heterocycles. The van der Waals surface area contributed by atoms with Gasteiger partial charge in [0.2, 0.25) is 5.75 Å². The van der Waals surface area contributed by atoms with Crippen LogP contribution in [0.25, 0.3) is 0 Å². The predicted molar refractivity (Wildman–Crippen MR) is 55.2 cm³/mol. The summed E-state index contributed by atoms with van der Waals surface area (Å²) in [4.78, 5) is 0. The molecule has 0 atom stereocenters. The molecule has 0 aliphatic carbocycles. The topological polar surface area (TPSA) is 27.7 Å². The van der Waals surface area contributed by atoms with Crippen molar-refractivity contribution in [3.05, 3.63) is 24.6 Å². The molecule has 3 heteroatoms. The maximum absolute atomic E-state index is 5.19. The van der Waals surface area contributed by atoms with Gasteiger partial charge in [-0.05, 0) is 31.0 Å². The molecule has 0 bridgehead atoms. The van der Waals surface area contributed by atoms with Crippen LogP contribution in [0.2, 0.25) is 0 Å². The summed E-state index contributed by atoms with van der Waals surface area (Å²) < 4.78 is 15.6. The number of hydrogen-bond donors (Lipinski definition) is 0. The van der Waals surface area contributed by atoms with Gasteiger partial charge >= 0.3 is 0 Å². The smallest absolute Gasteiger partial charge is 0.203 e. The van der Waals surface area contributed by atoms with Crippen molar-refractivity contribution in [2.24, 2.45) is 0 Å². The molecule has 1 aromatic carbocycles. The van der Waals surface area contributed by atoms with Crippen LogP contribution in [0.1, 0.15) is 5.56 Å². The fraction of sp³-hybridized carbons (Fsp3) is 0.364. The lowest BCUT2D eigenvalue weighted by molar-refractivity contribution is 0.324. The van der Waals surface area contributed by atoms with Crippen LogP contribution in [-0.4, -0.2) is 21.3 Å². The summed E-state index contributed by atoms with van der Waals surface area (Å²) >= 11 is 0. The van der Waals surface area contributed by atoms with Crippen LogP contribution in [0.4, 0.5) is 0 Å². The van der Waals surface area contributed by atoms with Crippen molar-refractivity contribution in [2.75, 3.05) is 21.3 Å². The Morgan fingerprint density at radius 3 is 1.79 bits per heavy atom. The van der Waals surface area contributed by atoms with Gasteiger partial charge in [-0.3, -0.25) is 0 Å². The molecule has 1 rings (SSSR count). The summed E-state index contributed by atoms with van der Waals surface area (Å²) in [6, 6.07) is 3.79. The third kappa shape index (κ3) is 1.92. The highest BCUT2D eigenvalue weighted by Gasteiger charge is 2.11. The van der Waals surface area contributed by atoms with E-state index in [0.717, 1.165) is 5.56 Å². The Balaban J connectivity index is 3.24. The Bertz CT molecular complexity index is 282. The van der Waals surface area contributed by atoms with Gasteiger partial charge in [0, 0.05) is 0 Å². The first-order chi connectivity index (χ1) is 6.76. The van der Waals surface area contributed by atoms with Crippen LogP contribution >= 0.6 is 0 Å². The molecule has 0 fully saturated rings. The zero-order valence-electron chi connectivity index (χ0n) is 8.79. The van der Waals surface area contributed by atoms with E-state index in [-0.39, 0.29) is 0 Å². The van der Waals surface area contributed by atoms with Gasteiger partial charge in [0.1, 0.15) is 0 Å². The molecule has 0 spiro atoms. The third-order valence-electron chi connectivity index (χ3n) is 2.01. The van der Waals surface area contributed by atoms with Crippen molar-refractivity contribution >= 4 is 0 Å². The summed E-state index contributed by atoms with van der Waals surface area (Å²) in [7, 11) is 4.79. The van der Waals surface area contributed by atoms with E-state index in [1.165, 1.54) is 0 Å². The lowest BCUT2D eigenvalue weighted by Crippen LogP contribution is -1.96. The summed E-state index contributed by atoms with van der Waals surface area (Å²) in [5.41, 5.74) is 1.06. The highest BCUT2D eigenvalue weighted by molar-refractivity contribution is 5.53. The van der Waals surface area contributed by atoms with Crippen molar-refractivity contribution in [3.63, 3.8) is 0 Å². The largest absolute Gasteiger partial charge is 0.493 e. The summed E-state index contributed by atoms with van der Waals surface area (Å²) in [5, 5.41) is 0. The SMILES string of the molecule is [CH2]Cc1cc(OC)c(OC)c(OC)c1. The molecule has 0 aliphatic rings. The van der Waals surface area contributed by atoms with Crippen LogP contribution in [0.3, 0.4) is 0 Å². The van der Waals surface area contributed by atoms with E-state index in [9.17, 15) is 0 Å². The minimum atomic E-state index is 0.618. The van der Waals surface area contributed by atoms with E-state index in [0.29, 0.717) is 23.7 Å². The van der Waals surface area contributed by atoms with Gasteiger partial charge in [-0.1, -0.05) is 0 Å². The normalized spacial score (nSPS) is 9.71. The zero-order chi connectivity index (χ0) is 10.6. The van der Waals surface area contributed by atoms with Crippen molar-refractivity contribution in [1.29, 1.82) is 0 Å². The van der Waals surface area contributed by atoms with Gasteiger partial charge in [0.15, 0.2) is 11.5 Å². The van der Waals surface area contributed by atoms with E-state index < -0.39 is 0 Å². The third-order valence-corrected chi connectivity index (χ3v) is 2.01. The second-order valence-corrected chi connectivity index (χ2v) is 2.78. The molecule has 0 heterocycles. The first-order valence-electron chi connectivity index (χ1n) is 4.35. The number of ether oxygens (including phenoxy) is 3. The second-order valence-electron chi connectivity index (χ2n) is 2.78. The Morgan fingerprint density at radius 2 is 1.50 bits per heavy atom. The zero-order valence-corrected chi connectivity index (χ0v) is 8.79. The fourth-order valence-electron chi connectivity index (χ4n) is 1.28. The van der Waals surface area contributed by atoms with Crippen LogP contribution in [-0.2, 0) is 6.42 Å². The molecule has 0 unspecified atom stereocenters. The van der Waals surface area contributed by atoms with E-state index >= 15 is 0 Å². The summed E-state index contributed by atoms with van der Waals surface area (Å²) in [6.07, 6.45) is 0.691. The van der Waals surface area contributed by atoms with Crippen molar-refractivity contribution in [3.8, 4) is 17.2 Å². The van der Waals surface area contributed by atoms with Crippen LogP contribution in [0.5, 0.6) is 17.2 Å². The fourth-order valence-corrected chi connectivity index (χ4v) is 1.28. The standard InChI is InChI=1S/C11H15O3/c1-5-8-6-9(12-2)11(14-4)10(7-8)13-3/h6-7H,1,5H2,2-4H3. The van der Waals surface area contributed by atoms with Crippen LogP contribution < -0.4 is 14.2 Å². The molecule has 3 nitrogen and oxygen atoms in total. The van der Waals surface area contributed by atoms with E-state index in [2.05, 4.69) is 6.92 Å². The Labute approximate surface area is 84.6 Å². The average Bonchev–Trinajstić information content (AvgIpc) is 2.26. The summed E-state index contributed by atoms with van der Waals surface area (Å²) in [6.45, 7) is 3.81. The number of hydrogen-bond acceptors (Lipinski definition) is 3. The first-order valence-corrected chi connectivity index (χ1v) is 4.35. The number of benzene rings is 1. The highest BCUT2D eigenvalue weighted by atomic mass is 16.5. The van der Waals surface area contributed by atoms with E-state index in [4.69, 9.17) is 14.2 Å². The molecule has 0 saturated carbocycles. The molecular weight excluding hydrogens is 180 g/mol. The number of methoxy groups -OCH3 is 3. The second kappa shape index (κ2) is 4.74. The van der Waals surface area contributed by atoms with Crippen LogP contribution in [0.15, 0.2) is 12.1 Å². The van der Waals surface area contributed by atoms with Crippen molar-refractivity contribution in [1.82, 2.24) is 0 Å². The molecule has 1 radical (unpaired) electrons. The molecule has 77 valence electrons. The Kier molecular flexibility index (Phi) is 3.63. The Morgan fingerprint density at radius 1 is 1.00 bits per heavy atom. The Hall–Kier alpha value is -1.38. The van der Waals surface area contributed by atoms with Gasteiger partial charge < -0.3 is 14.2 Å². The lowest BCUT2D eigenvalue weighted by Gasteiger charge is -2.13. The maximum Gasteiger partial charge on any atom is 0.203 e. The van der Waals surface area contributed by atoms with Gasteiger partial charge in [-0.25, -0.2) is 0 Å². The predicted octanol–water partition coefficient (Wildman–Crippen LogP) is 2.09. The number of rotatable bonds is 4. The average molecular weight is 195 g/mol. The molecule has 0 aliphatic heterocycles. The highest BCUT2D eigenvalue weighted by Crippen LogP contribution is 2.38. The molecule has 14 heavy (non-hydrogen) atoms. The first kappa shape index (κ1) is 10.7. The maximum atomic E-state index is 5.19. The van der Waals surface area contributed by atoms with Gasteiger partial charge in [0.25, 0.3) is 0 Å². The van der Waals surface area contributed by atoms with Crippen molar-refractivity contribution < 1.29 is 14.2 Å². The summed E-state index contributed by atoms with van der Waals surface area (Å²) in [5.74, 6) is 1.96. The molecule has 0 N–H and O–H groups in total. The van der Waals surface area contributed by atoms with Gasteiger partial charge in [0.05, 0.1) is 21.3 Å². The monoisotopic (exact) mass is 195 g/mol. The minimum Gasteiger partial charge on any atom is -0.493 e. The van der Waals surface area contributed by atoms with Gasteiger partial charge in [-0.15, -0.1) is 0 Å². The van der Waals surface area contributed by atoms with E-state index in [1.54, 1.807) is 21.3 Å². The lowest BCUT2D eigenvalue weighted by atomic mass is 10.1. The van der Waals surface area contributed by atoms with E-state index in [1.807, 2.05) is 12.1 Å². The molecule has 0 saturated heterocycles. The van der Waals surface area contributed by atoms with Crippen LogP contribution in [0, 0.1) is 6.92 Å². The minimum absolute atomic E-state index is 0.618. The van der Waals surface area contributed by atoms with Crippen molar-refractivity contribution in [2.45, 2.75) is 6.42 Å². The van der Waals surface area contributed by atoms with Gasteiger partial charge in [-0.2, -0.15) is 0 Å². The molecule has 1 aromatic rings. The quantitative estimate of drug-likeness (QED) is 0.736. The molecule has 0 amide bonds. The molecular formula is C11H15O3.